The lowest BCUT2D eigenvalue weighted by molar-refractivity contribution is -0.278. The molecule has 2 aliphatic rings. The van der Waals surface area contributed by atoms with Crippen molar-refractivity contribution in [1.82, 2.24) is 10.6 Å². The zero-order valence-electron chi connectivity index (χ0n) is 19.6. The van der Waals surface area contributed by atoms with Crippen LogP contribution in [-0.4, -0.2) is 67.6 Å². The van der Waals surface area contributed by atoms with E-state index in [0.29, 0.717) is 17.7 Å². The Balaban J connectivity index is 1.85. The maximum Gasteiger partial charge on any atom is 0.455 e. The highest BCUT2D eigenvalue weighted by atomic mass is 19.4. The largest absolute Gasteiger partial charge is 0.455 e. The molecule has 0 saturated heterocycles. The summed E-state index contributed by atoms with van der Waals surface area (Å²) < 4.78 is 103. The first-order chi connectivity index (χ1) is 17.4. The Bertz CT molecular complexity index is 1100. The molecule has 4 amide bonds. The molecule has 1 saturated carbocycles. The van der Waals surface area contributed by atoms with Crippen LogP contribution in [0, 0.1) is 11.8 Å². The fourth-order valence-electron chi connectivity index (χ4n) is 3.66. The van der Waals surface area contributed by atoms with Crippen molar-refractivity contribution >= 4 is 35.0 Å². The van der Waals surface area contributed by atoms with Crippen molar-refractivity contribution in [3.05, 3.63) is 24.3 Å². The SMILES string of the molecule is CC(C(=O)NCC(F)(F)C(F)(F)F)C(=O)NC1CN(C(=O)C2CC2)c2ccccc2N(CC(F)(F)F)C1=O. The van der Waals surface area contributed by atoms with Crippen molar-refractivity contribution in [2.24, 2.45) is 11.8 Å². The number of nitrogens with zero attached hydrogens (tertiary/aromatic N) is 2. The number of rotatable bonds is 7. The Hall–Kier alpha value is -3.46. The van der Waals surface area contributed by atoms with Gasteiger partial charge in [-0.25, -0.2) is 0 Å². The average Bonchev–Trinajstić information content (AvgIpc) is 3.66. The van der Waals surface area contributed by atoms with Crippen LogP contribution in [-0.2, 0) is 19.2 Å². The van der Waals surface area contributed by atoms with E-state index in [1.165, 1.54) is 29.6 Å². The van der Waals surface area contributed by atoms with E-state index < -0.39 is 79.4 Å². The highest BCUT2D eigenvalue weighted by Gasteiger charge is 2.57. The molecule has 3 rings (SSSR count). The lowest BCUT2D eigenvalue weighted by Crippen LogP contribution is -2.56. The van der Waals surface area contributed by atoms with Crippen molar-refractivity contribution in [2.45, 2.75) is 44.1 Å². The number of alkyl halides is 8. The molecule has 1 aromatic rings. The van der Waals surface area contributed by atoms with Gasteiger partial charge in [0.05, 0.1) is 24.5 Å². The number of hydrogen-bond donors (Lipinski definition) is 2. The van der Waals surface area contributed by atoms with Crippen LogP contribution < -0.4 is 20.4 Å². The highest BCUT2D eigenvalue weighted by molar-refractivity contribution is 6.09. The van der Waals surface area contributed by atoms with Crippen LogP contribution in [0.15, 0.2) is 24.3 Å². The number of anilines is 2. The van der Waals surface area contributed by atoms with Gasteiger partial charge < -0.3 is 15.5 Å². The smallest absolute Gasteiger partial charge is 0.349 e. The quantitative estimate of drug-likeness (QED) is 0.397. The van der Waals surface area contributed by atoms with Crippen LogP contribution in [0.2, 0.25) is 0 Å². The monoisotopic (exact) mass is 558 g/mol. The first-order valence-corrected chi connectivity index (χ1v) is 11.2. The van der Waals surface area contributed by atoms with Crippen LogP contribution in [0.4, 0.5) is 46.5 Å². The number of para-hydroxylation sites is 2. The second-order valence-electron chi connectivity index (χ2n) is 8.95. The first-order valence-electron chi connectivity index (χ1n) is 11.2. The van der Waals surface area contributed by atoms with Crippen LogP contribution in [0.3, 0.4) is 0 Å². The normalized spacial score (nSPS) is 19.4. The second kappa shape index (κ2) is 10.4. The molecule has 0 spiro atoms. The average molecular weight is 558 g/mol. The van der Waals surface area contributed by atoms with Crippen LogP contribution >= 0.6 is 0 Å². The number of nitrogens with one attached hydrogen (secondary N) is 2. The predicted molar refractivity (Wildman–Crippen MR) is 115 cm³/mol. The molecular formula is C22H22F8N4O4. The number of hydrogen-bond acceptors (Lipinski definition) is 4. The predicted octanol–water partition coefficient (Wildman–Crippen LogP) is 2.77. The van der Waals surface area contributed by atoms with Gasteiger partial charge in [-0.15, -0.1) is 0 Å². The van der Waals surface area contributed by atoms with Gasteiger partial charge in [0, 0.05) is 5.92 Å². The summed E-state index contributed by atoms with van der Waals surface area (Å²) in [4.78, 5) is 52.2. The molecule has 1 aliphatic heterocycles. The Morgan fingerprint density at radius 1 is 0.974 bits per heavy atom. The molecule has 2 atom stereocenters. The summed E-state index contributed by atoms with van der Waals surface area (Å²) >= 11 is 0. The number of carbonyl (C=O) groups is 4. The lowest BCUT2D eigenvalue weighted by atomic mass is 10.1. The maximum absolute atomic E-state index is 13.4. The third-order valence-electron chi connectivity index (χ3n) is 5.93. The molecule has 0 aromatic heterocycles. The minimum Gasteiger partial charge on any atom is -0.349 e. The Morgan fingerprint density at radius 2 is 1.55 bits per heavy atom. The van der Waals surface area contributed by atoms with Gasteiger partial charge in [-0.1, -0.05) is 12.1 Å². The first kappa shape index (κ1) is 29.1. The van der Waals surface area contributed by atoms with Crippen molar-refractivity contribution in [2.75, 3.05) is 29.4 Å². The van der Waals surface area contributed by atoms with Gasteiger partial charge in [-0.3, -0.25) is 24.1 Å². The zero-order chi connectivity index (χ0) is 28.6. The molecule has 0 bridgehead atoms. The number of halogens is 8. The van der Waals surface area contributed by atoms with Gasteiger partial charge in [0.1, 0.15) is 18.5 Å². The van der Waals surface area contributed by atoms with E-state index in [0.717, 1.165) is 11.8 Å². The maximum atomic E-state index is 13.4. The van der Waals surface area contributed by atoms with Gasteiger partial charge in [0.25, 0.3) is 5.91 Å². The summed E-state index contributed by atoms with van der Waals surface area (Å²) in [6.07, 6.45) is -9.83. The van der Waals surface area contributed by atoms with E-state index in [4.69, 9.17) is 0 Å². The molecular weight excluding hydrogens is 536 g/mol. The standard InChI is InChI=1S/C22H22F8N4O4/c1-11(16(35)31-9-20(23,24)22(28,29)30)17(36)32-13-8-33(18(37)12-6-7-12)14-4-2-3-5-15(14)34(19(13)38)10-21(25,26)27/h2-5,11-13H,6-10H2,1H3,(H,31,35)(H,32,36). The molecule has 1 fully saturated rings. The van der Waals surface area contributed by atoms with Crippen molar-refractivity contribution in [1.29, 1.82) is 0 Å². The molecule has 38 heavy (non-hydrogen) atoms. The fourth-order valence-corrected chi connectivity index (χ4v) is 3.66. The number of benzene rings is 1. The van der Waals surface area contributed by atoms with E-state index >= 15 is 0 Å². The molecule has 2 N–H and O–H groups in total. The van der Waals surface area contributed by atoms with Crippen molar-refractivity contribution < 1.29 is 54.3 Å². The van der Waals surface area contributed by atoms with E-state index in [2.05, 4.69) is 0 Å². The molecule has 16 heteroatoms. The van der Waals surface area contributed by atoms with Gasteiger partial charge in [-0.05, 0) is 31.9 Å². The molecule has 2 unspecified atom stereocenters. The van der Waals surface area contributed by atoms with Crippen molar-refractivity contribution in [3.63, 3.8) is 0 Å². The summed E-state index contributed by atoms with van der Waals surface area (Å²) in [7, 11) is 0. The van der Waals surface area contributed by atoms with Gasteiger partial charge in [0.15, 0.2) is 0 Å². The molecule has 1 heterocycles. The Morgan fingerprint density at radius 3 is 2.08 bits per heavy atom. The molecule has 8 nitrogen and oxygen atoms in total. The van der Waals surface area contributed by atoms with Crippen molar-refractivity contribution in [3.8, 4) is 0 Å². The Labute approximate surface area is 210 Å². The summed E-state index contributed by atoms with van der Waals surface area (Å²) in [5.41, 5.74) is -0.264. The third kappa shape index (κ3) is 6.51. The molecule has 1 aromatic carbocycles. The lowest BCUT2D eigenvalue weighted by Gasteiger charge is -2.27. The topological polar surface area (TPSA) is 98.8 Å². The number of amides is 4. The van der Waals surface area contributed by atoms with Gasteiger partial charge in [0.2, 0.25) is 17.7 Å². The van der Waals surface area contributed by atoms with Crippen LogP contribution in [0.1, 0.15) is 19.8 Å². The molecule has 1 aliphatic carbocycles. The fraction of sp³-hybridized carbons (Fsp3) is 0.545. The van der Waals surface area contributed by atoms with Crippen LogP contribution in [0.25, 0.3) is 0 Å². The van der Waals surface area contributed by atoms with E-state index in [1.54, 1.807) is 0 Å². The Kier molecular flexibility index (Phi) is 7.94. The summed E-state index contributed by atoms with van der Waals surface area (Å²) in [5.74, 6) is -12.3. The molecule has 0 radical (unpaired) electrons. The van der Waals surface area contributed by atoms with Crippen LogP contribution in [0.5, 0.6) is 0 Å². The minimum absolute atomic E-state index is 0.0149. The van der Waals surface area contributed by atoms with Gasteiger partial charge in [-0.2, -0.15) is 35.1 Å². The summed E-state index contributed by atoms with van der Waals surface area (Å²) in [6.45, 7) is -3.70. The number of carbonyl (C=O) groups excluding carboxylic acids is 4. The minimum atomic E-state index is -5.97. The summed E-state index contributed by atoms with van der Waals surface area (Å²) in [6, 6.07) is 3.49. The highest BCUT2D eigenvalue weighted by Crippen LogP contribution is 2.39. The third-order valence-corrected chi connectivity index (χ3v) is 5.93. The van der Waals surface area contributed by atoms with Gasteiger partial charge >= 0.3 is 18.3 Å². The number of fused-ring (bicyclic) bond motifs is 1. The van der Waals surface area contributed by atoms with E-state index in [1.807, 2.05) is 5.32 Å². The summed E-state index contributed by atoms with van der Waals surface area (Å²) in [5, 5.41) is 3.35. The van der Waals surface area contributed by atoms with E-state index in [-0.39, 0.29) is 11.4 Å². The zero-order valence-corrected chi connectivity index (χ0v) is 19.6. The van der Waals surface area contributed by atoms with E-state index in [9.17, 15) is 54.3 Å². The second-order valence-corrected chi connectivity index (χ2v) is 8.95. The molecule has 210 valence electrons.